The molecule has 0 radical (unpaired) electrons. The highest BCUT2D eigenvalue weighted by Gasteiger charge is 2.28. The number of rotatable bonds is 6. The summed E-state index contributed by atoms with van der Waals surface area (Å²) in [5.41, 5.74) is 0.883. The van der Waals surface area contributed by atoms with Gasteiger partial charge in [-0.1, -0.05) is 48.5 Å². The molecule has 0 amide bonds. The Balaban J connectivity index is 1.92. The monoisotopic (exact) mass is 418 g/mol. The van der Waals surface area contributed by atoms with Gasteiger partial charge < -0.3 is 4.74 Å². The second kappa shape index (κ2) is 7.96. The molecule has 4 aromatic rings. The maximum absolute atomic E-state index is 13.5. The Morgan fingerprint density at radius 1 is 0.867 bits per heavy atom. The van der Waals surface area contributed by atoms with E-state index in [1.807, 2.05) is 6.07 Å². The summed E-state index contributed by atoms with van der Waals surface area (Å²) in [5.74, 6) is 0.324. The Kier molecular flexibility index (Phi) is 5.20. The number of nitrogens with zero attached hydrogens (tertiary/aromatic N) is 2. The van der Waals surface area contributed by atoms with Crippen molar-refractivity contribution in [3.05, 3.63) is 102 Å². The van der Waals surface area contributed by atoms with E-state index in [1.165, 1.54) is 25.4 Å². The lowest BCUT2D eigenvalue weighted by atomic mass is 10.1. The Labute approximate surface area is 174 Å². The highest BCUT2D eigenvalue weighted by atomic mass is 32.2. The predicted molar refractivity (Wildman–Crippen MR) is 113 cm³/mol. The highest BCUT2D eigenvalue weighted by molar-refractivity contribution is 7.90. The van der Waals surface area contributed by atoms with Gasteiger partial charge in [0.2, 0.25) is 5.78 Å². The van der Waals surface area contributed by atoms with E-state index < -0.39 is 15.8 Å². The molecule has 30 heavy (non-hydrogen) atoms. The van der Waals surface area contributed by atoms with Gasteiger partial charge in [0.15, 0.2) is 5.82 Å². The predicted octanol–water partition coefficient (Wildman–Crippen LogP) is 4.03. The zero-order chi connectivity index (χ0) is 21.1. The first-order valence-electron chi connectivity index (χ1n) is 9.15. The Morgan fingerprint density at radius 2 is 1.47 bits per heavy atom. The summed E-state index contributed by atoms with van der Waals surface area (Å²) in [6.45, 7) is 0. The summed E-state index contributed by atoms with van der Waals surface area (Å²) in [5, 5.41) is 0. The molecular formula is C23H18N2O4S. The molecule has 0 saturated carbocycles. The van der Waals surface area contributed by atoms with Gasteiger partial charge in [-0.15, -0.1) is 0 Å². The molecule has 1 heterocycles. The van der Waals surface area contributed by atoms with E-state index in [9.17, 15) is 13.2 Å². The van der Waals surface area contributed by atoms with Crippen LogP contribution in [0.4, 0.5) is 0 Å². The Hall–Kier alpha value is -3.71. The lowest BCUT2D eigenvalue weighted by Crippen LogP contribution is -2.20. The third kappa shape index (κ3) is 3.51. The van der Waals surface area contributed by atoms with E-state index in [-0.39, 0.29) is 16.4 Å². The number of aromatic nitrogens is 2. The fraction of sp³-hybridized carbons (Fsp3) is 0.0435. The molecular weight excluding hydrogens is 400 g/mol. The van der Waals surface area contributed by atoms with Crippen molar-refractivity contribution in [2.75, 3.05) is 7.11 Å². The molecule has 0 aliphatic heterocycles. The van der Waals surface area contributed by atoms with Crippen molar-refractivity contribution in [3.63, 3.8) is 0 Å². The van der Waals surface area contributed by atoms with Crippen LogP contribution in [0.2, 0.25) is 0 Å². The average molecular weight is 418 g/mol. The van der Waals surface area contributed by atoms with Crippen LogP contribution in [0.3, 0.4) is 0 Å². The second-order valence-electron chi connectivity index (χ2n) is 6.47. The van der Waals surface area contributed by atoms with Crippen molar-refractivity contribution >= 4 is 15.8 Å². The van der Waals surface area contributed by atoms with Gasteiger partial charge in [-0.3, -0.25) is 4.79 Å². The molecule has 0 atom stereocenters. The minimum absolute atomic E-state index is 0.0390. The summed E-state index contributed by atoms with van der Waals surface area (Å²) in [6.07, 6.45) is 1.30. The zero-order valence-electron chi connectivity index (χ0n) is 16.1. The summed E-state index contributed by atoms with van der Waals surface area (Å²) < 4.78 is 33.1. The van der Waals surface area contributed by atoms with Crippen LogP contribution in [0.15, 0.2) is 96.0 Å². The quantitative estimate of drug-likeness (QED) is 0.442. The van der Waals surface area contributed by atoms with Crippen LogP contribution in [-0.4, -0.2) is 30.3 Å². The van der Waals surface area contributed by atoms with Crippen LogP contribution in [0.1, 0.15) is 16.1 Å². The molecule has 7 heteroatoms. The number of benzene rings is 3. The topological polar surface area (TPSA) is 78.3 Å². The molecule has 150 valence electrons. The number of hydrogen-bond donors (Lipinski definition) is 0. The lowest BCUT2D eigenvalue weighted by molar-refractivity contribution is 0.103. The first-order valence-corrected chi connectivity index (χ1v) is 10.6. The van der Waals surface area contributed by atoms with E-state index in [2.05, 4.69) is 4.98 Å². The number of hydrogen-bond acceptors (Lipinski definition) is 5. The van der Waals surface area contributed by atoms with Crippen LogP contribution >= 0.6 is 0 Å². The van der Waals surface area contributed by atoms with Gasteiger partial charge in [-0.2, -0.15) is 0 Å². The van der Waals surface area contributed by atoms with Crippen LogP contribution in [0.25, 0.3) is 11.4 Å². The number of ketones is 1. The fourth-order valence-electron chi connectivity index (χ4n) is 3.10. The first kappa shape index (κ1) is 19.6. The van der Waals surface area contributed by atoms with Crippen molar-refractivity contribution in [1.29, 1.82) is 0 Å². The van der Waals surface area contributed by atoms with Crippen LogP contribution in [0.5, 0.6) is 5.75 Å². The van der Waals surface area contributed by atoms with Gasteiger partial charge >= 0.3 is 0 Å². The van der Waals surface area contributed by atoms with Gasteiger partial charge in [-0.05, 0) is 36.4 Å². The van der Waals surface area contributed by atoms with E-state index in [4.69, 9.17) is 4.74 Å². The Bertz CT molecular complexity index is 1280. The second-order valence-corrected chi connectivity index (χ2v) is 8.26. The van der Waals surface area contributed by atoms with E-state index in [0.29, 0.717) is 16.9 Å². The largest absolute Gasteiger partial charge is 0.497 e. The number of ether oxygens (including phenoxy) is 1. The maximum Gasteiger partial charge on any atom is 0.270 e. The van der Waals surface area contributed by atoms with Gasteiger partial charge in [0, 0.05) is 11.1 Å². The summed E-state index contributed by atoms with van der Waals surface area (Å²) in [6, 6.07) is 23.4. The van der Waals surface area contributed by atoms with Crippen molar-refractivity contribution in [2.24, 2.45) is 0 Å². The number of imidazole rings is 1. The van der Waals surface area contributed by atoms with Crippen molar-refractivity contribution < 1.29 is 17.9 Å². The summed E-state index contributed by atoms with van der Waals surface area (Å²) in [7, 11) is -2.53. The molecule has 0 aliphatic rings. The van der Waals surface area contributed by atoms with Crippen LogP contribution in [0, 0.1) is 0 Å². The van der Waals surface area contributed by atoms with E-state index in [0.717, 1.165) is 3.97 Å². The van der Waals surface area contributed by atoms with Gasteiger partial charge in [-0.25, -0.2) is 17.4 Å². The SMILES string of the molecule is COc1ccc(C(=O)c2cnc(-c3ccccc3)n2S(=O)(=O)c2ccccc2)cc1. The third-order valence-corrected chi connectivity index (χ3v) is 6.34. The average Bonchev–Trinajstić information content (AvgIpc) is 3.26. The molecule has 1 aromatic heterocycles. The summed E-state index contributed by atoms with van der Waals surface area (Å²) >= 11 is 0. The van der Waals surface area contributed by atoms with Crippen LogP contribution in [-0.2, 0) is 10.0 Å². The summed E-state index contributed by atoms with van der Waals surface area (Å²) in [4.78, 5) is 17.6. The van der Waals surface area contributed by atoms with E-state index >= 15 is 0 Å². The first-order chi connectivity index (χ1) is 14.5. The molecule has 3 aromatic carbocycles. The molecule has 0 bridgehead atoms. The standard InChI is InChI=1S/C23H18N2O4S/c1-29-19-14-12-17(13-15-19)22(26)21-16-24-23(18-8-4-2-5-9-18)25(21)30(27,28)20-10-6-3-7-11-20/h2-16H,1H3. The maximum atomic E-state index is 13.5. The number of carbonyl (C=O) groups excluding carboxylic acids is 1. The fourth-order valence-corrected chi connectivity index (χ4v) is 4.58. The van der Waals surface area contributed by atoms with Crippen molar-refractivity contribution in [3.8, 4) is 17.1 Å². The molecule has 0 aliphatic carbocycles. The lowest BCUT2D eigenvalue weighted by Gasteiger charge is -2.13. The van der Waals surface area contributed by atoms with Crippen molar-refractivity contribution in [1.82, 2.24) is 8.96 Å². The minimum Gasteiger partial charge on any atom is -0.497 e. The van der Waals surface area contributed by atoms with Crippen molar-refractivity contribution in [2.45, 2.75) is 4.90 Å². The van der Waals surface area contributed by atoms with Gasteiger partial charge in [0.1, 0.15) is 11.4 Å². The molecule has 6 nitrogen and oxygen atoms in total. The smallest absolute Gasteiger partial charge is 0.270 e. The minimum atomic E-state index is -4.06. The number of methoxy groups -OCH3 is 1. The highest BCUT2D eigenvalue weighted by Crippen LogP contribution is 2.27. The zero-order valence-corrected chi connectivity index (χ0v) is 16.9. The van der Waals surface area contributed by atoms with Gasteiger partial charge in [0.05, 0.1) is 18.2 Å². The normalized spacial score (nSPS) is 11.2. The van der Waals surface area contributed by atoms with E-state index in [1.54, 1.807) is 66.7 Å². The van der Waals surface area contributed by atoms with Crippen LogP contribution < -0.4 is 4.74 Å². The number of carbonyl (C=O) groups is 1. The Morgan fingerprint density at radius 3 is 2.07 bits per heavy atom. The molecule has 0 fully saturated rings. The molecule has 0 saturated heterocycles. The molecule has 4 rings (SSSR count). The van der Waals surface area contributed by atoms with Gasteiger partial charge in [0.25, 0.3) is 10.0 Å². The molecule has 0 N–H and O–H groups in total. The molecule has 0 unspecified atom stereocenters. The molecule has 0 spiro atoms. The third-order valence-electron chi connectivity index (χ3n) is 4.62.